The molecule has 0 aliphatic carbocycles. The first-order chi connectivity index (χ1) is 7.06. The van der Waals surface area contributed by atoms with E-state index in [1.54, 1.807) is 12.1 Å². The normalized spacial score (nSPS) is 13.7. The molecule has 1 unspecified atom stereocenters. The first-order valence-electron chi connectivity index (χ1n) is 5.06. The van der Waals surface area contributed by atoms with Crippen LogP contribution < -0.4 is 5.73 Å². The van der Waals surface area contributed by atoms with Crippen LogP contribution >= 0.6 is 12.4 Å². The second-order valence-corrected chi connectivity index (χ2v) is 3.76. The van der Waals surface area contributed by atoms with Crippen molar-refractivity contribution in [1.29, 1.82) is 0 Å². The van der Waals surface area contributed by atoms with E-state index in [2.05, 4.69) is 13.8 Å². The second-order valence-electron chi connectivity index (χ2n) is 3.76. The number of rotatable bonds is 4. The van der Waals surface area contributed by atoms with Crippen LogP contribution in [-0.4, -0.2) is 4.92 Å². The maximum absolute atomic E-state index is 10.4. The molecule has 0 aromatic heterocycles. The predicted octanol–water partition coefficient (Wildman–Crippen LogP) is 3.06. The highest BCUT2D eigenvalue weighted by atomic mass is 35.5. The maximum atomic E-state index is 10.4. The molecule has 2 atom stereocenters. The van der Waals surface area contributed by atoms with Crippen LogP contribution in [-0.2, 0) is 0 Å². The van der Waals surface area contributed by atoms with Crippen molar-refractivity contribution >= 4 is 18.1 Å². The topological polar surface area (TPSA) is 69.2 Å². The zero-order valence-corrected chi connectivity index (χ0v) is 10.2. The minimum absolute atomic E-state index is 0. The second kappa shape index (κ2) is 6.45. The van der Waals surface area contributed by atoms with Crippen molar-refractivity contribution in [1.82, 2.24) is 0 Å². The van der Waals surface area contributed by atoms with Gasteiger partial charge in [-0.1, -0.05) is 32.4 Å². The summed E-state index contributed by atoms with van der Waals surface area (Å²) in [4.78, 5) is 10.0. The SMILES string of the molecule is CCC(C)[C@H](N)c1ccc([N+](=O)[O-])cc1.Cl. The van der Waals surface area contributed by atoms with Crippen LogP contribution in [0.2, 0.25) is 0 Å². The average molecular weight is 245 g/mol. The molecule has 2 N–H and O–H groups in total. The first kappa shape index (κ1) is 14.9. The van der Waals surface area contributed by atoms with E-state index in [0.717, 1.165) is 12.0 Å². The van der Waals surface area contributed by atoms with Crippen molar-refractivity contribution in [3.05, 3.63) is 39.9 Å². The van der Waals surface area contributed by atoms with Gasteiger partial charge < -0.3 is 5.73 Å². The van der Waals surface area contributed by atoms with Gasteiger partial charge in [-0.25, -0.2) is 0 Å². The molecule has 0 amide bonds. The third-order valence-corrected chi connectivity index (χ3v) is 2.75. The van der Waals surface area contributed by atoms with Crippen LogP contribution in [0.4, 0.5) is 5.69 Å². The van der Waals surface area contributed by atoms with Gasteiger partial charge in [0.2, 0.25) is 0 Å². The largest absolute Gasteiger partial charge is 0.324 e. The molecular formula is C11H17ClN2O2. The van der Waals surface area contributed by atoms with Gasteiger partial charge in [0.1, 0.15) is 0 Å². The molecule has 0 bridgehead atoms. The summed E-state index contributed by atoms with van der Waals surface area (Å²) in [7, 11) is 0. The quantitative estimate of drug-likeness (QED) is 0.654. The zero-order chi connectivity index (χ0) is 11.4. The van der Waals surface area contributed by atoms with Gasteiger partial charge in [0.15, 0.2) is 0 Å². The third-order valence-electron chi connectivity index (χ3n) is 2.75. The van der Waals surface area contributed by atoms with Crippen molar-refractivity contribution in [2.75, 3.05) is 0 Å². The summed E-state index contributed by atoms with van der Waals surface area (Å²) in [6, 6.07) is 6.41. The number of hydrogen-bond acceptors (Lipinski definition) is 3. The molecule has 1 aromatic carbocycles. The van der Waals surface area contributed by atoms with Crippen molar-refractivity contribution < 1.29 is 4.92 Å². The molecule has 0 spiro atoms. The van der Waals surface area contributed by atoms with E-state index in [0.29, 0.717) is 5.92 Å². The molecule has 4 nitrogen and oxygen atoms in total. The van der Waals surface area contributed by atoms with Gasteiger partial charge in [-0.15, -0.1) is 12.4 Å². The minimum atomic E-state index is -0.404. The van der Waals surface area contributed by atoms with Crippen LogP contribution in [0.15, 0.2) is 24.3 Å². The van der Waals surface area contributed by atoms with Gasteiger partial charge in [0.05, 0.1) is 4.92 Å². The van der Waals surface area contributed by atoms with Crippen LogP contribution in [0.1, 0.15) is 31.9 Å². The number of nitrogens with two attached hydrogens (primary N) is 1. The third kappa shape index (κ3) is 3.47. The molecule has 1 rings (SSSR count). The summed E-state index contributed by atoms with van der Waals surface area (Å²) in [6.45, 7) is 4.15. The summed E-state index contributed by atoms with van der Waals surface area (Å²) in [6.07, 6.45) is 0.998. The van der Waals surface area contributed by atoms with E-state index in [-0.39, 0.29) is 24.1 Å². The molecule has 90 valence electrons. The smallest absolute Gasteiger partial charge is 0.269 e. The fourth-order valence-electron chi connectivity index (χ4n) is 1.40. The van der Waals surface area contributed by atoms with E-state index >= 15 is 0 Å². The molecule has 0 fully saturated rings. The molecule has 0 aliphatic heterocycles. The average Bonchev–Trinajstić information content (AvgIpc) is 2.27. The molecule has 0 saturated carbocycles. The fraction of sp³-hybridized carbons (Fsp3) is 0.455. The van der Waals surface area contributed by atoms with Gasteiger partial charge in [-0.05, 0) is 11.5 Å². The summed E-state index contributed by atoms with van der Waals surface area (Å²) in [5.41, 5.74) is 7.07. The van der Waals surface area contributed by atoms with Gasteiger partial charge in [-0.2, -0.15) is 0 Å². The van der Waals surface area contributed by atoms with Crippen LogP contribution in [0.3, 0.4) is 0 Å². The van der Waals surface area contributed by atoms with Crippen molar-refractivity contribution in [2.24, 2.45) is 11.7 Å². The number of nitrogens with zero attached hydrogens (tertiary/aromatic N) is 1. The maximum Gasteiger partial charge on any atom is 0.269 e. The van der Waals surface area contributed by atoms with E-state index < -0.39 is 4.92 Å². The van der Waals surface area contributed by atoms with Crippen molar-refractivity contribution in [3.8, 4) is 0 Å². The molecular weight excluding hydrogens is 228 g/mol. The highest BCUT2D eigenvalue weighted by Gasteiger charge is 2.14. The molecule has 0 saturated heterocycles. The number of hydrogen-bond donors (Lipinski definition) is 1. The Morgan fingerprint density at radius 2 is 1.88 bits per heavy atom. The van der Waals surface area contributed by atoms with E-state index in [1.165, 1.54) is 12.1 Å². The fourth-order valence-corrected chi connectivity index (χ4v) is 1.40. The van der Waals surface area contributed by atoms with Gasteiger partial charge in [0.25, 0.3) is 5.69 Å². The summed E-state index contributed by atoms with van der Waals surface area (Å²) >= 11 is 0. The van der Waals surface area contributed by atoms with Crippen LogP contribution in [0.5, 0.6) is 0 Å². The lowest BCUT2D eigenvalue weighted by Gasteiger charge is -2.18. The van der Waals surface area contributed by atoms with Crippen LogP contribution in [0.25, 0.3) is 0 Å². The number of nitro benzene ring substituents is 1. The Hall–Kier alpha value is -1.13. The minimum Gasteiger partial charge on any atom is -0.324 e. The number of halogens is 1. The summed E-state index contributed by atoms with van der Waals surface area (Å²) in [5.74, 6) is 0.381. The lowest BCUT2D eigenvalue weighted by molar-refractivity contribution is -0.384. The molecule has 5 heteroatoms. The van der Waals surface area contributed by atoms with Gasteiger partial charge in [0, 0.05) is 18.2 Å². The number of nitro groups is 1. The summed E-state index contributed by atoms with van der Waals surface area (Å²) in [5, 5.41) is 10.4. The van der Waals surface area contributed by atoms with E-state index in [9.17, 15) is 10.1 Å². The summed E-state index contributed by atoms with van der Waals surface area (Å²) < 4.78 is 0. The van der Waals surface area contributed by atoms with Crippen molar-refractivity contribution in [2.45, 2.75) is 26.3 Å². The first-order valence-corrected chi connectivity index (χ1v) is 5.06. The standard InChI is InChI=1S/C11H16N2O2.ClH/c1-3-8(2)11(12)9-4-6-10(7-5-9)13(14)15;/h4-8,11H,3,12H2,1-2H3;1H/t8?,11-;/m0./s1. The molecule has 0 radical (unpaired) electrons. The Bertz CT molecular complexity index is 340. The predicted molar refractivity (Wildman–Crippen MR) is 66.7 cm³/mol. The highest BCUT2D eigenvalue weighted by molar-refractivity contribution is 5.85. The Balaban J connectivity index is 0.00000225. The lowest BCUT2D eigenvalue weighted by atomic mass is 9.93. The Morgan fingerprint density at radius 3 is 2.25 bits per heavy atom. The van der Waals surface area contributed by atoms with E-state index in [4.69, 9.17) is 5.73 Å². The Kier molecular flexibility index (Phi) is 6.00. The lowest BCUT2D eigenvalue weighted by Crippen LogP contribution is -2.18. The molecule has 1 aromatic rings. The Labute approximate surface area is 101 Å². The Morgan fingerprint density at radius 1 is 1.38 bits per heavy atom. The number of benzene rings is 1. The zero-order valence-electron chi connectivity index (χ0n) is 9.42. The molecule has 0 aliphatic rings. The van der Waals surface area contributed by atoms with Crippen LogP contribution in [0, 0.1) is 16.0 Å². The monoisotopic (exact) mass is 244 g/mol. The van der Waals surface area contributed by atoms with Crippen molar-refractivity contribution in [3.63, 3.8) is 0 Å². The molecule has 16 heavy (non-hydrogen) atoms. The molecule has 0 heterocycles. The van der Waals surface area contributed by atoms with Gasteiger partial charge in [-0.3, -0.25) is 10.1 Å². The highest BCUT2D eigenvalue weighted by Crippen LogP contribution is 2.23. The number of non-ortho nitro benzene ring substituents is 1. The van der Waals surface area contributed by atoms with E-state index in [1.807, 2.05) is 0 Å². The van der Waals surface area contributed by atoms with Gasteiger partial charge >= 0.3 is 0 Å².